The van der Waals surface area contributed by atoms with E-state index in [1.54, 1.807) is 0 Å². The highest BCUT2D eigenvalue weighted by Crippen LogP contribution is 2.32. The number of nitrogens with one attached hydrogen (secondary N) is 3. The minimum atomic E-state index is -0.404. The van der Waals surface area contributed by atoms with Crippen molar-refractivity contribution in [2.45, 2.75) is 32.4 Å². The van der Waals surface area contributed by atoms with Crippen LogP contribution < -0.4 is 16.2 Å². The molecule has 3 N–H and O–H groups in total. The summed E-state index contributed by atoms with van der Waals surface area (Å²) >= 11 is 7.73. The van der Waals surface area contributed by atoms with Crippen molar-refractivity contribution < 1.29 is 9.59 Å². The first-order valence-electron chi connectivity index (χ1n) is 7.58. The molecule has 0 aliphatic carbocycles. The van der Waals surface area contributed by atoms with E-state index in [2.05, 4.69) is 21.2 Å². The number of halogens is 1. The Morgan fingerprint density at radius 3 is 2.96 bits per heavy atom. The third kappa shape index (κ3) is 3.75. The maximum Gasteiger partial charge on any atom is 0.239 e. The number of benzene rings is 1. The SMILES string of the molecule is Cc1nc(-c2ccccc2Cl)sc1CNC(=O)C1CCC(=O)NN1. The van der Waals surface area contributed by atoms with Gasteiger partial charge in [-0.1, -0.05) is 29.8 Å². The lowest BCUT2D eigenvalue weighted by Gasteiger charge is -2.22. The molecule has 1 aromatic carbocycles. The lowest BCUT2D eigenvalue weighted by Crippen LogP contribution is -2.55. The van der Waals surface area contributed by atoms with Crippen LogP contribution in [0.3, 0.4) is 0 Å². The van der Waals surface area contributed by atoms with Crippen LogP contribution in [0, 0.1) is 6.92 Å². The molecule has 6 nitrogen and oxygen atoms in total. The molecule has 1 aliphatic heterocycles. The molecule has 1 fully saturated rings. The highest BCUT2D eigenvalue weighted by molar-refractivity contribution is 7.15. The minimum absolute atomic E-state index is 0.0956. The lowest BCUT2D eigenvalue weighted by molar-refractivity contribution is -0.129. The van der Waals surface area contributed by atoms with Gasteiger partial charge >= 0.3 is 0 Å². The zero-order chi connectivity index (χ0) is 17.1. The molecule has 3 rings (SSSR count). The lowest BCUT2D eigenvalue weighted by atomic mass is 10.1. The van der Waals surface area contributed by atoms with Crippen LogP contribution in [0.2, 0.25) is 5.02 Å². The average Bonchev–Trinajstić information content (AvgIpc) is 2.94. The summed E-state index contributed by atoms with van der Waals surface area (Å²) in [5.41, 5.74) is 6.96. The zero-order valence-corrected chi connectivity index (χ0v) is 14.6. The van der Waals surface area contributed by atoms with E-state index in [1.807, 2.05) is 31.2 Å². The number of carbonyl (C=O) groups is 2. The van der Waals surface area contributed by atoms with Gasteiger partial charge in [0, 0.05) is 16.9 Å². The fourth-order valence-electron chi connectivity index (χ4n) is 2.41. The van der Waals surface area contributed by atoms with Gasteiger partial charge in [-0.25, -0.2) is 10.4 Å². The third-order valence-electron chi connectivity index (χ3n) is 3.78. The van der Waals surface area contributed by atoms with Gasteiger partial charge in [0.05, 0.1) is 17.3 Å². The number of hydrogen-bond donors (Lipinski definition) is 3. The molecule has 0 radical (unpaired) electrons. The van der Waals surface area contributed by atoms with Crippen molar-refractivity contribution >= 4 is 34.8 Å². The second-order valence-electron chi connectivity index (χ2n) is 5.51. The highest BCUT2D eigenvalue weighted by Gasteiger charge is 2.24. The molecule has 24 heavy (non-hydrogen) atoms. The molecule has 2 amide bonds. The molecule has 2 aromatic rings. The second kappa shape index (κ2) is 7.29. The van der Waals surface area contributed by atoms with E-state index in [0.717, 1.165) is 21.1 Å². The molecule has 1 unspecified atom stereocenters. The maximum atomic E-state index is 12.2. The Morgan fingerprint density at radius 1 is 1.46 bits per heavy atom. The monoisotopic (exact) mass is 364 g/mol. The smallest absolute Gasteiger partial charge is 0.239 e. The number of aromatic nitrogens is 1. The molecule has 0 bridgehead atoms. The van der Waals surface area contributed by atoms with Crippen LogP contribution in [0.5, 0.6) is 0 Å². The Labute approximate surface area is 148 Å². The molecule has 1 saturated heterocycles. The molecule has 0 spiro atoms. The van der Waals surface area contributed by atoms with Crippen molar-refractivity contribution in [1.29, 1.82) is 0 Å². The van der Waals surface area contributed by atoms with E-state index in [1.165, 1.54) is 11.3 Å². The van der Waals surface area contributed by atoms with Crippen molar-refractivity contribution in [2.24, 2.45) is 0 Å². The fourth-order valence-corrected chi connectivity index (χ4v) is 3.73. The summed E-state index contributed by atoms with van der Waals surface area (Å²) in [6.45, 7) is 2.32. The van der Waals surface area contributed by atoms with Crippen LogP contribution in [-0.2, 0) is 16.1 Å². The van der Waals surface area contributed by atoms with Crippen molar-refractivity contribution in [3.8, 4) is 10.6 Å². The number of rotatable bonds is 4. The van der Waals surface area contributed by atoms with E-state index in [9.17, 15) is 9.59 Å². The molecule has 1 aromatic heterocycles. The Balaban J connectivity index is 1.65. The molecule has 1 atom stereocenters. The summed E-state index contributed by atoms with van der Waals surface area (Å²) in [6, 6.07) is 7.15. The van der Waals surface area contributed by atoms with E-state index in [0.29, 0.717) is 24.4 Å². The van der Waals surface area contributed by atoms with Crippen LogP contribution >= 0.6 is 22.9 Å². The molecule has 0 saturated carbocycles. The number of amides is 2. The second-order valence-corrected chi connectivity index (χ2v) is 7.00. The van der Waals surface area contributed by atoms with E-state index in [-0.39, 0.29) is 11.8 Å². The number of aryl methyl sites for hydroxylation is 1. The Hall–Kier alpha value is -1.96. The topological polar surface area (TPSA) is 83.1 Å². The van der Waals surface area contributed by atoms with Crippen molar-refractivity contribution in [3.05, 3.63) is 39.9 Å². The van der Waals surface area contributed by atoms with Gasteiger partial charge in [0.1, 0.15) is 11.0 Å². The highest BCUT2D eigenvalue weighted by atomic mass is 35.5. The van der Waals surface area contributed by atoms with Gasteiger partial charge < -0.3 is 5.32 Å². The first-order valence-corrected chi connectivity index (χ1v) is 8.77. The number of hydrogen-bond acceptors (Lipinski definition) is 5. The Morgan fingerprint density at radius 2 is 2.25 bits per heavy atom. The van der Waals surface area contributed by atoms with Crippen LogP contribution in [0.25, 0.3) is 10.6 Å². The van der Waals surface area contributed by atoms with E-state index in [4.69, 9.17) is 11.6 Å². The largest absolute Gasteiger partial charge is 0.350 e. The molecule has 126 valence electrons. The van der Waals surface area contributed by atoms with Crippen molar-refractivity contribution in [3.63, 3.8) is 0 Å². The summed E-state index contributed by atoms with van der Waals surface area (Å²) in [5, 5.41) is 4.38. The van der Waals surface area contributed by atoms with Crippen molar-refractivity contribution in [2.75, 3.05) is 0 Å². The van der Waals surface area contributed by atoms with Gasteiger partial charge in [0.25, 0.3) is 0 Å². The quantitative estimate of drug-likeness (QED) is 0.776. The summed E-state index contributed by atoms with van der Waals surface area (Å²) < 4.78 is 0. The number of thiazole rings is 1. The van der Waals surface area contributed by atoms with Gasteiger partial charge in [-0.2, -0.15) is 0 Å². The Kier molecular flexibility index (Phi) is 5.13. The van der Waals surface area contributed by atoms with Crippen LogP contribution in [-0.4, -0.2) is 22.8 Å². The van der Waals surface area contributed by atoms with Crippen LogP contribution in [0.15, 0.2) is 24.3 Å². The minimum Gasteiger partial charge on any atom is -0.350 e. The Bertz CT molecular complexity index is 767. The third-order valence-corrected chi connectivity index (χ3v) is 5.30. The van der Waals surface area contributed by atoms with E-state index < -0.39 is 6.04 Å². The van der Waals surface area contributed by atoms with Gasteiger partial charge in [-0.05, 0) is 19.4 Å². The van der Waals surface area contributed by atoms with Gasteiger partial charge in [-0.3, -0.25) is 15.0 Å². The van der Waals surface area contributed by atoms with E-state index >= 15 is 0 Å². The standard InChI is InChI=1S/C16H17ClN4O2S/c1-9-13(8-18-15(23)12-6-7-14(22)21-20-12)24-16(19-9)10-4-2-3-5-11(10)17/h2-5,12,20H,6-8H2,1H3,(H,18,23)(H,21,22). The van der Waals surface area contributed by atoms with Gasteiger partial charge in [-0.15, -0.1) is 11.3 Å². The van der Waals surface area contributed by atoms with Crippen molar-refractivity contribution in [1.82, 2.24) is 21.2 Å². The molecule has 1 aliphatic rings. The summed E-state index contributed by atoms with van der Waals surface area (Å²) in [4.78, 5) is 28.8. The number of nitrogens with zero attached hydrogens (tertiary/aromatic N) is 1. The average molecular weight is 365 g/mol. The predicted molar refractivity (Wildman–Crippen MR) is 93.4 cm³/mol. The normalized spacial score (nSPS) is 17.4. The fraction of sp³-hybridized carbons (Fsp3) is 0.312. The van der Waals surface area contributed by atoms with Crippen LogP contribution in [0.4, 0.5) is 0 Å². The summed E-state index contributed by atoms with van der Waals surface area (Å²) in [6.07, 6.45) is 0.839. The number of carbonyl (C=O) groups excluding carboxylic acids is 2. The summed E-state index contributed by atoms with van der Waals surface area (Å²) in [5.74, 6) is -0.233. The van der Waals surface area contributed by atoms with Gasteiger partial charge in [0.2, 0.25) is 11.8 Å². The first kappa shape index (κ1) is 16.9. The number of hydrazine groups is 1. The summed E-state index contributed by atoms with van der Waals surface area (Å²) in [7, 11) is 0. The predicted octanol–water partition coefficient (Wildman–Crippen LogP) is 2.17. The molecular weight excluding hydrogens is 348 g/mol. The molecule has 8 heteroatoms. The van der Waals surface area contributed by atoms with Gasteiger partial charge in [0.15, 0.2) is 0 Å². The maximum absolute atomic E-state index is 12.2. The van der Waals surface area contributed by atoms with Crippen LogP contribution in [0.1, 0.15) is 23.4 Å². The zero-order valence-electron chi connectivity index (χ0n) is 13.1. The molecular formula is C16H17ClN4O2S. The first-order chi connectivity index (χ1) is 11.5. The molecule has 2 heterocycles.